The molecule has 62 heavy (non-hydrogen) atoms. The molecule has 1 amide bonds. The van der Waals surface area contributed by atoms with Gasteiger partial charge in [0.1, 0.15) is 12.4 Å². The number of aliphatic carboxylic acids is 2. The number of hydrogen-bond acceptors (Lipinski definition) is 9. The molecule has 0 aliphatic heterocycles. The van der Waals surface area contributed by atoms with Crippen LogP contribution in [0.4, 0.5) is 22.0 Å². The highest BCUT2D eigenvalue weighted by molar-refractivity contribution is 5.83. The number of carboxylic acids is 2. The molecule has 3 aromatic carbocycles. The van der Waals surface area contributed by atoms with Crippen molar-refractivity contribution in [3.05, 3.63) is 141 Å². The molecule has 5 aromatic rings. The summed E-state index contributed by atoms with van der Waals surface area (Å²) in [5.74, 6) is -5.80. The number of carboxylic acid groups (broad SMARTS) is 2. The van der Waals surface area contributed by atoms with Gasteiger partial charge in [0.15, 0.2) is 23.8 Å². The van der Waals surface area contributed by atoms with E-state index < -0.39 is 53.1 Å². The van der Waals surface area contributed by atoms with Gasteiger partial charge >= 0.3 is 18.1 Å². The number of amides is 1. The van der Waals surface area contributed by atoms with Crippen LogP contribution in [0, 0.1) is 11.6 Å². The Morgan fingerprint density at radius 1 is 0.823 bits per heavy atom. The number of benzene rings is 3. The number of nitrogens with zero attached hydrogens (tertiary/aromatic N) is 6. The summed E-state index contributed by atoms with van der Waals surface area (Å²) in [5.41, 5.74) is 1.95. The van der Waals surface area contributed by atoms with Crippen molar-refractivity contribution >= 4 is 30.0 Å². The Morgan fingerprint density at radius 3 is 1.95 bits per heavy atom. The molecule has 330 valence electrons. The SMILES string of the molecule is CCN(CC)CCN(Cc1ccc(-c2ccc(C(F)(F)F)cc2)cc1)C(=O)Cn1cc(Cc2cnn(C)c2)c(=O)nc1/C=C/c1cccc(F)c1F.O=C(O)C(O)C(O)C(=O)O. The number of alkyl halides is 3. The number of halogens is 5. The molecule has 0 bridgehead atoms. The molecule has 2 atom stereocenters. The summed E-state index contributed by atoms with van der Waals surface area (Å²) in [4.78, 5) is 55.0. The van der Waals surface area contributed by atoms with Crippen LogP contribution in [0.5, 0.6) is 0 Å². The first-order chi connectivity index (χ1) is 29.3. The third-order valence-corrected chi connectivity index (χ3v) is 9.56. The molecule has 0 saturated carbocycles. The normalized spacial score (nSPS) is 12.5. The fourth-order valence-corrected chi connectivity index (χ4v) is 6.01. The summed E-state index contributed by atoms with van der Waals surface area (Å²) in [6, 6.07) is 16.0. The van der Waals surface area contributed by atoms with Crippen LogP contribution in [0.25, 0.3) is 23.3 Å². The molecular formula is C43H45F5N6O8. The Balaban J connectivity index is 0.000000750. The predicted molar refractivity (Wildman–Crippen MR) is 217 cm³/mol. The van der Waals surface area contributed by atoms with Crippen LogP contribution >= 0.6 is 0 Å². The Morgan fingerprint density at radius 2 is 1.42 bits per heavy atom. The molecule has 0 fully saturated rings. The monoisotopic (exact) mass is 868 g/mol. The number of aliphatic hydroxyl groups is 2. The number of aryl methyl sites for hydroxylation is 1. The molecule has 2 heterocycles. The smallest absolute Gasteiger partial charge is 0.416 e. The van der Waals surface area contributed by atoms with E-state index in [9.17, 15) is 41.1 Å². The van der Waals surface area contributed by atoms with Crippen molar-refractivity contribution in [2.45, 2.75) is 51.7 Å². The second-order valence-electron chi connectivity index (χ2n) is 13.9. The molecule has 0 saturated heterocycles. The third kappa shape index (κ3) is 13.5. The quantitative estimate of drug-likeness (QED) is 0.0926. The number of aliphatic hydroxyl groups excluding tert-OH is 2. The molecule has 2 aromatic heterocycles. The number of likely N-dealkylation sites (N-methyl/N-ethyl adjacent to an activating group) is 1. The lowest BCUT2D eigenvalue weighted by atomic mass is 10.0. The Bertz CT molecular complexity index is 2380. The Kier molecular flexibility index (Phi) is 16.9. The molecule has 4 N–H and O–H groups in total. The number of rotatable bonds is 17. The lowest BCUT2D eigenvalue weighted by molar-refractivity contribution is -0.165. The van der Waals surface area contributed by atoms with E-state index in [4.69, 9.17) is 20.4 Å². The fraction of sp³-hybridized carbons (Fsp3) is 0.302. The summed E-state index contributed by atoms with van der Waals surface area (Å²) in [6.45, 7) is 6.65. The third-order valence-electron chi connectivity index (χ3n) is 9.56. The topological polar surface area (TPSA) is 191 Å². The highest BCUT2D eigenvalue weighted by Crippen LogP contribution is 2.31. The van der Waals surface area contributed by atoms with Crippen molar-refractivity contribution < 1.29 is 56.8 Å². The van der Waals surface area contributed by atoms with Gasteiger partial charge in [-0.05, 0) is 65.7 Å². The summed E-state index contributed by atoms with van der Waals surface area (Å²) in [7, 11) is 1.76. The van der Waals surface area contributed by atoms with Crippen LogP contribution in [0.3, 0.4) is 0 Å². The maximum atomic E-state index is 14.5. The van der Waals surface area contributed by atoms with E-state index in [1.54, 1.807) is 47.4 Å². The van der Waals surface area contributed by atoms with Crippen LogP contribution < -0.4 is 5.56 Å². The van der Waals surface area contributed by atoms with Gasteiger partial charge in [0.25, 0.3) is 5.56 Å². The highest BCUT2D eigenvalue weighted by atomic mass is 19.4. The molecule has 0 spiro atoms. The van der Waals surface area contributed by atoms with Gasteiger partial charge in [-0.2, -0.15) is 23.3 Å². The summed E-state index contributed by atoms with van der Waals surface area (Å²) in [5, 5.41) is 36.7. The zero-order chi connectivity index (χ0) is 45.7. The first-order valence-corrected chi connectivity index (χ1v) is 19.1. The molecule has 19 heteroatoms. The van der Waals surface area contributed by atoms with Gasteiger partial charge in [-0.15, -0.1) is 0 Å². The number of carbonyl (C=O) groups is 3. The van der Waals surface area contributed by atoms with Crippen molar-refractivity contribution in [1.29, 1.82) is 0 Å². The van der Waals surface area contributed by atoms with Gasteiger partial charge in [0, 0.05) is 56.6 Å². The van der Waals surface area contributed by atoms with Crippen LogP contribution in [0.2, 0.25) is 0 Å². The van der Waals surface area contributed by atoms with E-state index in [0.29, 0.717) is 24.2 Å². The average Bonchev–Trinajstić information content (AvgIpc) is 3.66. The minimum absolute atomic E-state index is 0.0489. The zero-order valence-corrected chi connectivity index (χ0v) is 33.8. The second-order valence-corrected chi connectivity index (χ2v) is 13.9. The largest absolute Gasteiger partial charge is 0.479 e. The Hall–Kier alpha value is -6.57. The second kappa shape index (κ2) is 21.8. The van der Waals surface area contributed by atoms with E-state index >= 15 is 0 Å². The molecule has 2 unspecified atom stereocenters. The lowest BCUT2D eigenvalue weighted by Crippen LogP contribution is -2.40. The van der Waals surface area contributed by atoms with Gasteiger partial charge < -0.3 is 34.8 Å². The zero-order valence-electron chi connectivity index (χ0n) is 33.8. The summed E-state index contributed by atoms with van der Waals surface area (Å²) in [6.07, 6.45) is -1.10. The molecule has 0 aliphatic rings. The van der Waals surface area contributed by atoms with E-state index in [0.717, 1.165) is 48.0 Å². The lowest BCUT2D eigenvalue weighted by Gasteiger charge is -2.27. The van der Waals surface area contributed by atoms with E-state index in [1.807, 2.05) is 26.0 Å². The molecule has 5 rings (SSSR count). The number of hydrogen-bond donors (Lipinski definition) is 4. The van der Waals surface area contributed by atoms with Crippen LogP contribution in [-0.2, 0) is 47.1 Å². The maximum Gasteiger partial charge on any atom is 0.416 e. The Labute approximate surface area is 352 Å². The minimum atomic E-state index is -4.42. The minimum Gasteiger partial charge on any atom is -0.479 e. The molecule has 0 aliphatic carbocycles. The standard InChI is InChI=1S/C39H39F5N6O2.C4H6O6/c1-4-48(5-2)19-20-49(24-27-9-11-29(12-10-27)30-13-16-33(17-14-30)39(42,43)44)36(51)26-50-25-32(21-28-22-45-47(3)23-28)38(52)46-35(50)18-15-31-7-6-8-34(40)37(31)41;5-1(3(7)8)2(6)4(9)10/h6-18,22-23,25H,4-5,19-21,24,26H2,1-3H3;1-2,5-6H,(H,7,8)(H,9,10)/b18-15+;. The maximum absolute atomic E-state index is 14.5. The summed E-state index contributed by atoms with van der Waals surface area (Å²) >= 11 is 0. The van der Waals surface area contributed by atoms with E-state index in [1.165, 1.54) is 41.0 Å². The van der Waals surface area contributed by atoms with Crippen molar-refractivity contribution in [3.63, 3.8) is 0 Å². The van der Waals surface area contributed by atoms with Crippen LogP contribution in [0.15, 0.2) is 90.1 Å². The molecule has 0 radical (unpaired) electrons. The number of aromatic nitrogens is 4. The van der Waals surface area contributed by atoms with Crippen molar-refractivity contribution in [1.82, 2.24) is 29.1 Å². The molecular weight excluding hydrogens is 823 g/mol. The van der Waals surface area contributed by atoms with Crippen LogP contribution in [0.1, 0.15) is 47.5 Å². The van der Waals surface area contributed by atoms with Gasteiger partial charge in [-0.3, -0.25) is 14.3 Å². The van der Waals surface area contributed by atoms with Crippen LogP contribution in [-0.4, -0.2) is 106 Å². The van der Waals surface area contributed by atoms with Crippen molar-refractivity contribution in [3.8, 4) is 11.1 Å². The van der Waals surface area contributed by atoms with Gasteiger partial charge in [-0.25, -0.2) is 18.4 Å². The van der Waals surface area contributed by atoms with Gasteiger partial charge in [-0.1, -0.05) is 62.4 Å². The van der Waals surface area contributed by atoms with Gasteiger partial charge in [0.2, 0.25) is 5.91 Å². The first-order valence-electron chi connectivity index (χ1n) is 19.1. The fourth-order valence-electron chi connectivity index (χ4n) is 6.01. The van der Waals surface area contributed by atoms with Crippen molar-refractivity contribution in [2.24, 2.45) is 7.05 Å². The first kappa shape index (κ1) is 48.1. The summed E-state index contributed by atoms with van der Waals surface area (Å²) < 4.78 is 70.7. The molecule has 14 nitrogen and oxygen atoms in total. The van der Waals surface area contributed by atoms with Crippen molar-refractivity contribution in [2.75, 3.05) is 26.2 Å². The highest BCUT2D eigenvalue weighted by Gasteiger charge is 2.30. The average molecular weight is 869 g/mol. The van der Waals surface area contributed by atoms with Gasteiger partial charge in [0.05, 0.1) is 11.8 Å². The predicted octanol–water partition coefficient (Wildman–Crippen LogP) is 4.95. The number of carbonyl (C=O) groups excluding carboxylic acids is 1. The van der Waals surface area contributed by atoms with E-state index in [-0.39, 0.29) is 36.8 Å². The van der Waals surface area contributed by atoms with E-state index in [2.05, 4.69) is 15.0 Å².